The lowest BCUT2D eigenvalue weighted by Crippen LogP contribution is -2.40. The summed E-state index contributed by atoms with van der Waals surface area (Å²) in [4.78, 5) is 19.1. The van der Waals surface area contributed by atoms with Crippen LogP contribution in [0, 0.1) is 0 Å². The Morgan fingerprint density at radius 3 is 2.38 bits per heavy atom. The highest BCUT2D eigenvalue weighted by molar-refractivity contribution is 9.10. The van der Waals surface area contributed by atoms with Gasteiger partial charge in [-0.1, -0.05) is 52.3 Å². The van der Waals surface area contributed by atoms with Gasteiger partial charge in [-0.2, -0.15) is 0 Å². The molecule has 3 aromatic rings. The number of hydrogen-bond donors (Lipinski definition) is 0. The highest BCUT2D eigenvalue weighted by Gasteiger charge is 2.24. The number of aromatic nitrogens is 1. The smallest absolute Gasteiger partial charge is 0.269 e. The summed E-state index contributed by atoms with van der Waals surface area (Å²) in [6, 6.07) is 22.8. The Bertz CT molecular complexity index is 839. The number of pyridine rings is 1. The first kappa shape index (κ1) is 18.1. The van der Waals surface area contributed by atoms with Gasteiger partial charge in [0.2, 0.25) is 0 Å². The molecule has 0 radical (unpaired) electrons. The van der Waals surface area contributed by atoms with Crippen molar-refractivity contribution in [3.8, 4) is 5.75 Å². The summed E-state index contributed by atoms with van der Waals surface area (Å²) in [6.45, 7) is 2.19. The zero-order chi connectivity index (χ0) is 18.4. The normalized spacial score (nSPS) is 11.6. The minimum absolute atomic E-state index is 0.143. The molecule has 4 nitrogen and oxygen atoms in total. The summed E-state index contributed by atoms with van der Waals surface area (Å²) in [5.41, 5.74) is 1.03. The van der Waals surface area contributed by atoms with Crippen LogP contribution in [0.25, 0.3) is 0 Å². The zero-order valence-electron chi connectivity index (χ0n) is 14.4. The van der Waals surface area contributed by atoms with Crippen molar-refractivity contribution in [2.45, 2.75) is 19.6 Å². The lowest BCUT2D eigenvalue weighted by molar-refractivity contribution is -0.124. The number of carbonyl (C=O) groups is 1. The predicted octanol–water partition coefficient (Wildman–Crippen LogP) is 4.84. The number of halogens is 1. The van der Waals surface area contributed by atoms with Gasteiger partial charge in [0.05, 0.1) is 6.54 Å². The third kappa shape index (κ3) is 4.70. The first-order valence-corrected chi connectivity index (χ1v) is 9.11. The number of anilines is 1. The SMILES string of the molecule is C[C@H](Oc1ccc(Br)cc1)C(=O)N(Cc1ccccc1)c1ccccn1. The molecule has 26 heavy (non-hydrogen) atoms. The van der Waals surface area contributed by atoms with Gasteiger partial charge in [0.1, 0.15) is 11.6 Å². The standard InChI is InChI=1S/C21H19BrN2O2/c1-16(26-19-12-10-18(22)11-13-19)21(25)24(20-9-5-6-14-23-20)15-17-7-3-2-4-8-17/h2-14,16H,15H2,1H3/t16-/m0/s1. The van der Waals surface area contributed by atoms with E-state index in [0.29, 0.717) is 18.1 Å². The molecule has 1 amide bonds. The largest absolute Gasteiger partial charge is 0.481 e. The average Bonchev–Trinajstić information content (AvgIpc) is 2.69. The van der Waals surface area contributed by atoms with Crippen molar-refractivity contribution in [2.75, 3.05) is 4.90 Å². The number of amides is 1. The summed E-state index contributed by atoms with van der Waals surface area (Å²) in [7, 11) is 0. The monoisotopic (exact) mass is 410 g/mol. The van der Waals surface area contributed by atoms with Crippen LogP contribution in [0.4, 0.5) is 5.82 Å². The fourth-order valence-corrected chi connectivity index (χ4v) is 2.80. The van der Waals surface area contributed by atoms with E-state index < -0.39 is 6.10 Å². The fraction of sp³-hybridized carbons (Fsp3) is 0.143. The van der Waals surface area contributed by atoms with E-state index in [4.69, 9.17) is 4.74 Å². The molecule has 132 valence electrons. The molecule has 1 atom stereocenters. The summed E-state index contributed by atoms with van der Waals surface area (Å²) >= 11 is 3.39. The van der Waals surface area contributed by atoms with Crippen molar-refractivity contribution in [3.05, 3.63) is 89.0 Å². The fourth-order valence-electron chi connectivity index (χ4n) is 2.54. The number of ether oxygens (including phenoxy) is 1. The molecule has 3 rings (SSSR count). The van der Waals surface area contributed by atoms with Crippen LogP contribution < -0.4 is 9.64 Å². The van der Waals surface area contributed by atoms with Gasteiger partial charge in [0.25, 0.3) is 5.91 Å². The van der Waals surface area contributed by atoms with Crippen molar-refractivity contribution < 1.29 is 9.53 Å². The van der Waals surface area contributed by atoms with E-state index in [1.165, 1.54) is 0 Å². The maximum atomic E-state index is 13.1. The molecule has 5 heteroatoms. The van der Waals surface area contributed by atoms with Gasteiger partial charge in [-0.25, -0.2) is 4.98 Å². The highest BCUT2D eigenvalue weighted by atomic mass is 79.9. The van der Waals surface area contributed by atoms with Crippen LogP contribution >= 0.6 is 15.9 Å². The molecule has 0 aliphatic heterocycles. The molecule has 0 saturated heterocycles. The number of nitrogens with zero attached hydrogens (tertiary/aromatic N) is 2. The molecule has 0 N–H and O–H groups in total. The molecule has 0 unspecified atom stereocenters. The zero-order valence-corrected chi connectivity index (χ0v) is 16.0. The first-order chi connectivity index (χ1) is 12.6. The highest BCUT2D eigenvalue weighted by Crippen LogP contribution is 2.20. The number of hydrogen-bond acceptors (Lipinski definition) is 3. The second-order valence-corrected chi connectivity index (χ2v) is 6.73. The van der Waals surface area contributed by atoms with Gasteiger partial charge in [-0.05, 0) is 48.9 Å². The van der Waals surface area contributed by atoms with Gasteiger partial charge >= 0.3 is 0 Å². The first-order valence-electron chi connectivity index (χ1n) is 8.32. The van der Waals surface area contributed by atoms with E-state index >= 15 is 0 Å². The van der Waals surface area contributed by atoms with Crippen LogP contribution in [-0.4, -0.2) is 17.0 Å². The minimum Gasteiger partial charge on any atom is -0.481 e. The van der Waals surface area contributed by atoms with Crippen LogP contribution in [0.5, 0.6) is 5.75 Å². The van der Waals surface area contributed by atoms with E-state index in [0.717, 1.165) is 10.0 Å². The Morgan fingerprint density at radius 2 is 1.73 bits per heavy atom. The van der Waals surface area contributed by atoms with Gasteiger partial charge in [0.15, 0.2) is 6.10 Å². The second kappa shape index (κ2) is 8.63. The van der Waals surface area contributed by atoms with Crippen LogP contribution in [0.1, 0.15) is 12.5 Å². The summed E-state index contributed by atoms with van der Waals surface area (Å²) in [6.07, 6.45) is 1.04. The van der Waals surface area contributed by atoms with E-state index in [9.17, 15) is 4.79 Å². The Kier molecular flexibility index (Phi) is 6.02. The Labute approximate surface area is 161 Å². The van der Waals surface area contributed by atoms with Gasteiger partial charge in [-0.3, -0.25) is 9.69 Å². The summed E-state index contributed by atoms with van der Waals surface area (Å²) in [5.74, 6) is 1.11. The number of carbonyl (C=O) groups excluding carboxylic acids is 1. The molecule has 0 fully saturated rings. The van der Waals surface area contributed by atoms with Crippen molar-refractivity contribution in [2.24, 2.45) is 0 Å². The Hall–Kier alpha value is -2.66. The molecular weight excluding hydrogens is 392 g/mol. The Morgan fingerprint density at radius 1 is 1.04 bits per heavy atom. The third-order valence-electron chi connectivity index (χ3n) is 3.85. The molecule has 0 bridgehead atoms. The molecule has 0 aliphatic rings. The summed E-state index contributed by atoms with van der Waals surface area (Å²) < 4.78 is 6.79. The van der Waals surface area contributed by atoms with Crippen molar-refractivity contribution in [1.82, 2.24) is 4.98 Å². The van der Waals surface area contributed by atoms with E-state index in [-0.39, 0.29) is 5.91 Å². The average molecular weight is 411 g/mol. The molecule has 1 aromatic heterocycles. The third-order valence-corrected chi connectivity index (χ3v) is 4.38. The predicted molar refractivity (Wildman–Crippen MR) is 106 cm³/mol. The molecule has 0 saturated carbocycles. The molecule has 0 aliphatic carbocycles. The lowest BCUT2D eigenvalue weighted by Gasteiger charge is -2.25. The molecule has 0 spiro atoms. The Balaban J connectivity index is 1.80. The molecule has 2 aromatic carbocycles. The second-order valence-electron chi connectivity index (χ2n) is 5.81. The number of benzene rings is 2. The molecular formula is C21H19BrN2O2. The van der Waals surface area contributed by atoms with Gasteiger partial charge in [-0.15, -0.1) is 0 Å². The van der Waals surface area contributed by atoms with E-state index in [1.54, 1.807) is 18.0 Å². The maximum absolute atomic E-state index is 13.1. The topological polar surface area (TPSA) is 42.4 Å². The van der Waals surface area contributed by atoms with Crippen LogP contribution in [0.2, 0.25) is 0 Å². The van der Waals surface area contributed by atoms with E-state index in [1.807, 2.05) is 72.8 Å². The minimum atomic E-state index is -0.637. The summed E-state index contributed by atoms with van der Waals surface area (Å²) in [5, 5.41) is 0. The maximum Gasteiger partial charge on any atom is 0.269 e. The number of rotatable bonds is 6. The van der Waals surface area contributed by atoms with Crippen molar-refractivity contribution in [3.63, 3.8) is 0 Å². The van der Waals surface area contributed by atoms with E-state index in [2.05, 4.69) is 20.9 Å². The quantitative estimate of drug-likeness (QED) is 0.583. The molecule has 1 heterocycles. The van der Waals surface area contributed by atoms with Crippen LogP contribution in [0.3, 0.4) is 0 Å². The van der Waals surface area contributed by atoms with Gasteiger partial charge in [0, 0.05) is 10.7 Å². The van der Waals surface area contributed by atoms with Gasteiger partial charge < -0.3 is 4.74 Å². The lowest BCUT2D eigenvalue weighted by atomic mass is 10.2. The van der Waals surface area contributed by atoms with Crippen LogP contribution in [0.15, 0.2) is 83.5 Å². The van der Waals surface area contributed by atoms with Crippen molar-refractivity contribution >= 4 is 27.7 Å². The van der Waals surface area contributed by atoms with Crippen LogP contribution in [-0.2, 0) is 11.3 Å². The van der Waals surface area contributed by atoms with Crippen molar-refractivity contribution in [1.29, 1.82) is 0 Å².